The Kier molecular flexibility index (Phi) is 6.19. The van der Waals surface area contributed by atoms with Crippen molar-refractivity contribution < 1.29 is 23.8 Å². The van der Waals surface area contributed by atoms with Gasteiger partial charge in [-0.3, -0.25) is 4.79 Å². The summed E-state index contributed by atoms with van der Waals surface area (Å²) < 4.78 is 15.5. The Hall–Kier alpha value is -3.02. The second-order valence-corrected chi connectivity index (χ2v) is 4.92. The Morgan fingerprint density at radius 3 is 2.42 bits per heavy atom. The third kappa shape index (κ3) is 5.01. The summed E-state index contributed by atoms with van der Waals surface area (Å²) in [5.74, 6) is 0.00598. The third-order valence-electron chi connectivity index (χ3n) is 3.14. The zero-order chi connectivity index (χ0) is 17.4. The lowest BCUT2D eigenvalue weighted by Gasteiger charge is -2.15. The minimum atomic E-state index is -0.957. The number of rotatable bonds is 7. The number of amides is 1. The van der Waals surface area contributed by atoms with Gasteiger partial charge in [0.05, 0.1) is 12.8 Å². The molecule has 0 aliphatic carbocycles. The standard InChI is InChI=1S/C18H19NO5/c1-13(18(21)19-15-10-6-7-11-16(15)22-2)24-17(20)12-23-14-8-4-3-5-9-14/h3-11,13H,12H2,1-2H3,(H,19,21)/t13-/m0/s1. The molecule has 1 N–H and O–H groups in total. The van der Waals surface area contributed by atoms with Crippen molar-refractivity contribution in [2.45, 2.75) is 13.0 Å². The Bertz CT molecular complexity index is 687. The van der Waals surface area contributed by atoms with Gasteiger partial charge >= 0.3 is 5.97 Å². The van der Waals surface area contributed by atoms with E-state index in [0.717, 1.165) is 0 Å². The third-order valence-corrected chi connectivity index (χ3v) is 3.14. The minimum absolute atomic E-state index is 0.268. The van der Waals surface area contributed by atoms with Gasteiger partial charge in [0.2, 0.25) is 0 Å². The number of carbonyl (C=O) groups is 2. The summed E-state index contributed by atoms with van der Waals surface area (Å²) in [6.45, 7) is 1.22. The van der Waals surface area contributed by atoms with E-state index in [1.807, 2.05) is 6.07 Å². The number of hydrogen-bond donors (Lipinski definition) is 1. The molecule has 126 valence electrons. The molecule has 0 aliphatic heterocycles. The first-order chi connectivity index (χ1) is 11.6. The fourth-order valence-electron chi connectivity index (χ4n) is 1.93. The number of methoxy groups -OCH3 is 1. The van der Waals surface area contributed by atoms with E-state index in [2.05, 4.69) is 5.32 Å². The van der Waals surface area contributed by atoms with Gasteiger partial charge in [-0.05, 0) is 31.2 Å². The van der Waals surface area contributed by atoms with Crippen LogP contribution in [0.1, 0.15) is 6.92 Å². The fraction of sp³-hybridized carbons (Fsp3) is 0.222. The fourth-order valence-corrected chi connectivity index (χ4v) is 1.93. The summed E-state index contributed by atoms with van der Waals surface area (Å²) in [5.41, 5.74) is 0.508. The van der Waals surface area contributed by atoms with Crippen LogP contribution in [0.3, 0.4) is 0 Å². The maximum absolute atomic E-state index is 12.1. The van der Waals surface area contributed by atoms with Gasteiger partial charge in [0.15, 0.2) is 12.7 Å². The molecular weight excluding hydrogens is 310 g/mol. The summed E-state index contributed by atoms with van der Waals surface area (Å²) in [5, 5.41) is 2.66. The van der Waals surface area contributed by atoms with Crippen molar-refractivity contribution in [3.8, 4) is 11.5 Å². The summed E-state index contributed by atoms with van der Waals surface area (Å²) in [7, 11) is 1.51. The summed E-state index contributed by atoms with van der Waals surface area (Å²) in [4.78, 5) is 23.9. The molecule has 2 rings (SSSR count). The monoisotopic (exact) mass is 329 g/mol. The molecule has 0 saturated carbocycles. The highest BCUT2D eigenvalue weighted by molar-refractivity contribution is 5.96. The highest BCUT2D eigenvalue weighted by Crippen LogP contribution is 2.23. The maximum atomic E-state index is 12.1. The molecule has 24 heavy (non-hydrogen) atoms. The number of hydrogen-bond acceptors (Lipinski definition) is 5. The van der Waals surface area contributed by atoms with Crippen molar-refractivity contribution in [2.24, 2.45) is 0 Å². The Morgan fingerprint density at radius 2 is 1.71 bits per heavy atom. The molecule has 2 aromatic carbocycles. The molecule has 0 unspecified atom stereocenters. The van der Waals surface area contributed by atoms with E-state index in [-0.39, 0.29) is 6.61 Å². The highest BCUT2D eigenvalue weighted by atomic mass is 16.6. The van der Waals surface area contributed by atoms with Gasteiger partial charge in [-0.25, -0.2) is 4.79 Å². The van der Waals surface area contributed by atoms with Crippen molar-refractivity contribution in [2.75, 3.05) is 19.0 Å². The van der Waals surface area contributed by atoms with Crippen LogP contribution in [0.4, 0.5) is 5.69 Å². The predicted molar refractivity (Wildman–Crippen MR) is 89.1 cm³/mol. The molecule has 2 aromatic rings. The van der Waals surface area contributed by atoms with Crippen LogP contribution in [-0.2, 0) is 14.3 Å². The number of esters is 1. The number of nitrogens with one attached hydrogen (secondary N) is 1. The first-order valence-corrected chi connectivity index (χ1v) is 7.41. The van der Waals surface area contributed by atoms with Crippen LogP contribution >= 0.6 is 0 Å². The van der Waals surface area contributed by atoms with E-state index >= 15 is 0 Å². The molecule has 1 amide bonds. The lowest BCUT2D eigenvalue weighted by atomic mass is 10.2. The van der Waals surface area contributed by atoms with Crippen LogP contribution in [0.15, 0.2) is 54.6 Å². The van der Waals surface area contributed by atoms with Gasteiger partial charge < -0.3 is 19.5 Å². The van der Waals surface area contributed by atoms with E-state index in [0.29, 0.717) is 17.2 Å². The number of carbonyl (C=O) groups excluding carboxylic acids is 2. The van der Waals surface area contributed by atoms with E-state index in [1.54, 1.807) is 48.5 Å². The van der Waals surface area contributed by atoms with Gasteiger partial charge in [0, 0.05) is 0 Å². The lowest BCUT2D eigenvalue weighted by molar-refractivity contribution is -0.155. The van der Waals surface area contributed by atoms with Gasteiger partial charge in [0.1, 0.15) is 11.5 Å². The molecule has 0 aliphatic rings. The SMILES string of the molecule is COc1ccccc1NC(=O)[C@H](C)OC(=O)COc1ccccc1. The largest absolute Gasteiger partial charge is 0.495 e. The van der Waals surface area contributed by atoms with Crippen LogP contribution in [0.5, 0.6) is 11.5 Å². The molecule has 0 aromatic heterocycles. The number of benzene rings is 2. The van der Waals surface area contributed by atoms with E-state index in [1.165, 1.54) is 14.0 Å². The minimum Gasteiger partial charge on any atom is -0.495 e. The van der Waals surface area contributed by atoms with Crippen LogP contribution < -0.4 is 14.8 Å². The first-order valence-electron chi connectivity index (χ1n) is 7.41. The lowest BCUT2D eigenvalue weighted by Crippen LogP contribution is -2.31. The predicted octanol–water partition coefficient (Wildman–Crippen LogP) is 2.64. The van der Waals surface area contributed by atoms with Crippen LogP contribution in [0, 0.1) is 0 Å². The number of ether oxygens (including phenoxy) is 3. The maximum Gasteiger partial charge on any atom is 0.344 e. The van der Waals surface area contributed by atoms with Crippen LogP contribution in [0.2, 0.25) is 0 Å². The van der Waals surface area contributed by atoms with Gasteiger partial charge in [-0.2, -0.15) is 0 Å². The van der Waals surface area contributed by atoms with E-state index in [4.69, 9.17) is 14.2 Å². The summed E-state index contributed by atoms with van der Waals surface area (Å²) >= 11 is 0. The van der Waals surface area contributed by atoms with Crippen molar-refractivity contribution in [3.63, 3.8) is 0 Å². The quantitative estimate of drug-likeness (QED) is 0.791. The zero-order valence-corrected chi connectivity index (χ0v) is 13.5. The van der Waals surface area contributed by atoms with Crippen molar-refractivity contribution >= 4 is 17.6 Å². The number of anilines is 1. The van der Waals surface area contributed by atoms with Crippen molar-refractivity contribution in [1.82, 2.24) is 0 Å². The van der Waals surface area contributed by atoms with Crippen LogP contribution in [-0.4, -0.2) is 31.7 Å². The zero-order valence-electron chi connectivity index (χ0n) is 13.5. The molecule has 0 saturated heterocycles. The summed E-state index contributed by atoms with van der Waals surface area (Å²) in [6.07, 6.45) is -0.957. The van der Waals surface area contributed by atoms with Crippen LogP contribution in [0.25, 0.3) is 0 Å². The Labute approximate surface area is 140 Å². The molecule has 6 nitrogen and oxygen atoms in total. The van der Waals surface area contributed by atoms with E-state index in [9.17, 15) is 9.59 Å². The van der Waals surface area contributed by atoms with E-state index < -0.39 is 18.0 Å². The van der Waals surface area contributed by atoms with Crippen molar-refractivity contribution in [3.05, 3.63) is 54.6 Å². The second-order valence-electron chi connectivity index (χ2n) is 4.92. The topological polar surface area (TPSA) is 73.9 Å². The Balaban J connectivity index is 1.83. The number of para-hydroxylation sites is 3. The summed E-state index contributed by atoms with van der Waals surface area (Å²) in [6, 6.07) is 15.9. The second kappa shape index (κ2) is 8.57. The molecule has 0 spiro atoms. The van der Waals surface area contributed by atoms with Gasteiger partial charge in [-0.15, -0.1) is 0 Å². The molecule has 1 atom stereocenters. The average molecular weight is 329 g/mol. The van der Waals surface area contributed by atoms with Gasteiger partial charge in [-0.1, -0.05) is 30.3 Å². The smallest absolute Gasteiger partial charge is 0.344 e. The first kappa shape index (κ1) is 17.3. The van der Waals surface area contributed by atoms with Crippen molar-refractivity contribution in [1.29, 1.82) is 0 Å². The average Bonchev–Trinajstić information content (AvgIpc) is 2.61. The van der Waals surface area contributed by atoms with Gasteiger partial charge in [0.25, 0.3) is 5.91 Å². The molecule has 0 radical (unpaired) electrons. The molecular formula is C18H19NO5. The highest BCUT2D eigenvalue weighted by Gasteiger charge is 2.19. The normalized spacial score (nSPS) is 11.2. The molecule has 0 heterocycles. The molecule has 0 fully saturated rings. The molecule has 0 bridgehead atoms. The molecule has 6 heteroatoms. The Morgan fingerprint density at radius 1 is 1.04 bits per heavy atom.